The number of aliphatic hydroxyl groups is 1. The van der Waals surface area contributed by atoms with E-state index in [4.69, 9.17) is 0 Å². The van der Waals surface area contributed by atoms with Crippen molar-refractivity contribution in [3.63, 3.8) is 0 Å². The van der Waals surface area contributed by atoms with Crippen molar-refractivity contribution in [3.8, 4) is 11.3 Å². The minimum atomic E-state index is -0.0283. The van der Waals surface area contributed by atoms with Crippen molar-refractivity contribution in [1.82, 2.24) is 14.9 Å². The summed E-state index contributed by atoms with van der Waals surface area (Å²) in [5.41, 5.74) is 5.26. The molecule has 4 heteroatoms. The van der Waals surface area contributed by atoms with Gasteiger partial charge in [-0.2, -0.15) is 0 Å². The average Bonchev–Trinajstić information content (AvgIpc) is 3.21. The summed E-state index contributed by atoms with van der Waals surface area (Å²) in [6.07, 6.45) is 5.82. The molecule has 0 bridgehead atoms. The van der Waals surface area contributed by atoms with Crippen LogP contribution in [0.4, 0.5) is 0 Å². The lowest BCUT2D eigenvalue weighted by atomic mass is 10.0. The first-order valence-electron chi connectivity index (χ1n) is 8.62. The summed E-state index contributed by atoms with van der Waals surface area (Å²) in [7, 11) is 2.22. The molecule has 3 aromatic rings. The lowest BCUT2D eigenvalue weighted by Gasteiger charge is -2.18. The van der Waals surface area contributed by atoms with Gasteiger partial charge in [-0.05, 0) is 62.7 Å². The maximum absolute atomic E-state index is 9.30. The number of fused-ring (bicyclic) bond motifs is 1. The number of nitrogens with one attached hydrogen (secondary N) is 1. The molecule has 3 heterocycles. The second-order valence-corrected chi connectivity index (χ2v) is 6.73. The molecular formula is C20H23N3O. The Kier molecular flexibility index (Phi) is 4.08. The molecule has 0 unspecified atom stereocenters. The number of likely N-dealkylation sites (N-methyl/N-ethyl adjacent to an activating group) is 1. The Balaban J connectivity index is 1.70. The van der Waals surface area contributed by atoms with Gasteiger partial charge in [-0.3, -0.25) is 4.98 Å². The van der Waals surface area contributed by atoms with E-state index in [-0.39, 0.29) is 6.61 Å². The fourth-order valence-corrected chi connectivity index (χ4v) is 3.73. The van der Waals surface area contributed by atoms with E-state index in [9.17, 15) is 5.11 Å². The fourth-order valence-electron chi connectivity index (χ4n) is 3.73. The van der Waals surface area contributed by atoms with Crippen LogP contribution in [0.3, 0.4) is 0 Å². The molecule has 1 aliphatic heterocycles. The Morgan fingerprint density at radius 2 is 2.21 bits per heavy atom. The zero-order valence-electron chi connectivity index (χ0n) is 14.0. The minimum Gasteiger partial charge on any atom is -0.390 e. The summed E-state index contributed by atoms with van der Waals surface area (Å²) in [4.78, 5) is 10.4. The number of aromatic nitrogens is 2. The molecule has 24 heavy (non-hydrogen) atoms. The van der Waals surface area contributed by atoms with Gasteiger partial charge < -0.3 is 15.0 Å². The maximum Gasteiger partial charge on any atom is 0.0853 e. The zero-order valence-corrected chi connectivity index (χ0v) is 14.0. The second kappa shape index (κ2) is 6.38. The molecule has 1 aliphatic rings. The number of hydrogen-bond acceptors (Lipinski definition) is 3. The normalized spacial score (nSPS) is 18.5. The number of H-pyrrole nitrogens is 1. The number of pyridine rings is 1. The second-order valence-electron chi connectivity index (χ2n) is 6.73. The molecular weight excluding hydrogens is 298 g/mol. The van der Waals surface area contributed by atoms with Crippen LogP contribution in [0.2, 0.25) is 0 Å². The monoisotopic (exact) mass is 321 g/mol. The van der Waals surface area contributed by atoms with E-state index >= 15 is 0 Å². The van der Waals surface area contributed by atoms with E-state index < -0.39 is 0 Å². The van der Waals surface area contributed by atoms with E-state index in [1.54, 1.807) is 0 Å². The smallest absolute Gasteiger partial charge is 0.0853 e. The predicted octanol–water partition coefficient (Wildman–Crippen LogP) is 3.36. The Bertz CT molecular complexity index is 855. The van der Waals surface area contributed by atoms with Crippen molar-refractivity contribution >= 4 is 10.9 Å². The molecule has 0 spiro atoms. The van der Waals surface area contributed by atoms with Crippen LogP contribution in [0.25, 0.3) is 22.2 Å². The van der Waals surface area contributed by atoms with Gasteiger partial charge in [0.1, 0.15) is 0 Å². The molecule has 0 radical (unpaired) electrons. The molecule has 1 aromatic carbocycles. The molecule has 1 fully saturated rings. The Morgan fingerprint density at radius 1 is 1.29 bits per heavy atom. The van der Waals surface area contributed by atoms with Crippen LogP contribution in [0.5, 0.6) is 0 Å². The van der Waals surface area contributed by atoms with Crippen molar-refractivity contribution in [2.45, 2.75) is 31.9 Å². The molecule has 1 atom stereocenters. The highest BCUT2D eigenvalue weighted by Gasteiger charge is 2.22. The molecule has 1 saturated heterocycles. The third kappa shape index (κ3) is 2.83. The van der Waals surface area contributed by atoms with E-state index in [2.05, 4.69) is 46.3 Å². The van der Waals surface area contributed by atoms with Gasteiger partial charge in [0, 0.05) is 28.7 Å². The first-order chi connectivity index (χ1) is 11.7. The minimum absolute atomic E-state index is 0.0283. The Labute approximate surface area is 142 Å². The molecule has 124 valence electrons. The van der Waals surface area contributed by atoms with Crippen molar-refractivity contribution in [1.29, 1.82) is 0 Å². The van der Waals surface area contributed by atoms with Crippen LogP contribution in [0.1, 0.15) is 24.1 Å². The van der Waals surface area contributed by atoms with Gasteiger partial charge >= 0.3 is 0 Å². The van der Waals surface area contributed by atoms with Crippen molar-refractivity contribution < 1.29 is 5.11 Å². The summed E-state index contributed by atoms with van der Waals surface area (Å²) in [6, 6.07) is 12.9. The van der Waals surface area contributed by atoms with Crippen LogP contribution in [0, 0.1) is 0 Å². The molecule has 4 nitrogen and oxygen atoms in total. The van der Waals surface area contributed by atoms with Gasteiger partial charge in [-0.1, -0.05) is 12.1 Å². The van der Waals surface area contributed by atoms with E-state index in [1.807, 2.05) is 18.2 Å². The number of rotatable bonds is 4. The Morgan fingerprint density at radius 3 is 3.00 bits per heavy atom. The van der Waals surface area contributed by atoms with Gasteiger partial charge in [0.05, 0.1) is 18.0 Å². The molecule has 4 rings (SSSR count). The topological polar surface area (TPSA) is 52.2 Å². The molecule has 0 aliphatic carbocycles. The van der Waals surface area contributed by atoms with Gasteiger partial charge in [0.25, 0.3) is 0 Å². The number of aromatic amines is 1. The summed E-state index contributed by atoms with van der Waals surface area (Å²) in [5.74, 6) is 0. The first kappa shape index (κ1) is 15.4. The number of likely N-dealkylation sites (tertiary alicyclic amines) is 1. The predicted molar refractivity (Wildman–Crippen MR) is 96.8 cm³/mol. The molecule has 0 amide bonds. The molecule has 0 saturated carbocycles. The number of aliphatic hydroxyl groups excluding tert-OH is 1. The van der Waals surface area contributed by atoms with E-state index in [0.717, 1.165) is 17.7 Å². The Hall–Kier alpha value is -2.17. The summed E-state index contributed by atoms with van der Waals surface area (Å²) >= 11 is 0. The van der Waals surface area contributed by atoms with Crippen molar-refractivity contribution in [3.05, 3.63) is 53.9 Å². The maximum atomic E-state index is 9.30. The van der Waals surface area contributed by atoms with Crippen LogP contribution in [-0.2, 0) is 13.0 Å². The van der Waals surface area contributed by atoms with Crippen LogP contribution in [-0.4, -0.2) is 39.6 Å². The average molecular weight is 321 g/mol. The zero-order chi connectivity index (χ0) is 16.5. The number of hydrogen-bond donors (Lipinski definition) is 2. The van der Waals surface area contributed by atoms with Crippen LogP contribution >= 0.6 is 0 Å². The van der Waals surface area contributed by atoms with E-state index in [0.29, 0.717) is 11.7 Å². The van der Waals surface area contributed by atoms with Gasteiger partial charge in [0.15, 0.2) is 0 Å². The summed E-state index contributed by atoms with van der Waals surface area (Å²) in [6.45, 7) is 1.18. The largest absolute Gasteiger partial charge is 0.390 e. The summed E-state index contributed by atoms with van der Waals surface area (Å²) in [5, 5.41) is 10.6. The third-order valence-electron chi connectivity index (χ3n) is 5.16. The highest BCUT2D eigenvalue weighted by Crippen LogP contribution is 2.28. The highest BCUT2D eigenvalue weighted by molar-refractivity contribution is 5.87. The SMILES string of the molecule is CN1CCC[C@@H]1Cc1c[nH]c2ccc(-c3cccc(CO)n3)cc12. The van der Waals surface area contributed by atoms with Gasteiger partial charge in [-0.15, -0.1) is 0 Å². The third-order valence-corrected chi connectivity index (χ3v) is 5.16. The van der Waals surface area contributed by atoms with Crippen LogP contribution < -0.4 is 0 Å². The lowest BCUT2D eigenvalue weighted by molar-refractivity contribution is 0.277. The standard InChI is InChI=1S/C20H23N3O/c1-23-9-3-5-17(23)10-15-12-21-20-8-7-14(11-18(15)20)19-6-2-4-16(13-24)22-19/h2,4,6-8,11-12,17,21,24H,3,5,9-10,13H2,1H3/t17-/m1/s1. The lowest BCUT2D eigenvalue weighted by Crippen LogP contribution is -2.26. The first-order valence-corrected chi connectivity index (χ1v) is 8.62. The van der Waals surface area contributed by atoms with E-state index in [1.165, 1.54) is 35.9 Å². The van der Waals surface area contributed by atoms with Gasteiger partial charge in [-0.25, -0.2) is 0 Å². The molecule has 2 N–H and O–H groups in total. The summed E-state index contributed by atoms with van der Waals surface area (Å²) < 4.78 is 0. The molecule has 2 aromatic heterocycles. The van der Waals surface area contributed by atoms with Crippen molar-refractivity contribution in [2.75, 3.05) is 13.6 Å². The van der Waals surface area contributed by atoms with Crippen LogP contribution in [0.15, 0.2) is 42.6 Å². The number of nitrogens with zero attached hydrogens (tertiary/aromatic N) is 2. The quantitative estimate of drug-likeness (QED) is 0.775. The van der Waals surface area contributed by atoms with Gasteiger partial charge in [0.2, 0.25) is 0 Å². The highest BCUT2D eigenvalue weighted by atomic mass is 16.3. The van der Waals surface area contributed by atoms with Crippen molar-refractivity contribution in [2.24, 2.45) is 0 Å². The fraction of sp³-hybridized carbons (Fsp3) is 0.350. The number of benzene rings is 1.